The largest absolute Gasteiger partial charge is 0.481 e. The highest BCUT2D eigenvalue weighted by Gasteiger charge is 2.25. The Bertz CT molecular complexity index is 1180. The van der Waals surface area contributed by atoms with E-state index in [1.165, 1.54) is 10.9 Å². The molecule has 0 saturated carbocycles. The summed E-state index contributed by atoms with van der Waals surface area (Å²) in [6.45, 7) is 6.72. The summed E-state index contributed by atoms with van der Waals surface area (Å²) in [5.41, 5.74) is 2.50. The molecule has 1 amide bonds. The third kappa shape index (κ3) is 6.32. The third-order valence-electron chi connectivity index (χ3n) is 5.84. The number of carboxylic acids is 1. The average Bonchev–Trinajstić information content (AvgIpc) is 3.16. The van der Waals surface area contributed by atoms with Crippen LogP contribution in [0.5, 0.6) is 0 Å². The number of H-pyrrole nitrogens is 1. The average molecular weight is 454 g/mol. The Morgan fingerprint density at radius 1 is 1.24 bits per heavy atom. The molecular weight excluding hydrogens is 422 g/mol. The smallest absolute Gasteiger partial charge is 0.349 e. The predicted octanol–water partition coefficient (Wildman–Crippen LogP) is 3.03. The van der Waals surface area contributed by atoms with Gasteiger partial charge in [0.25, 0.3) is 11.9 Å². The molecule has 1 aliphatic rings. The highest BCUT2D eigenvalue weighted by molar-refractivity contribution is 5.95. The third-order valence-corrected chi connectivity index (χ3v) is 5.84. The van der Waals surface area contributed by atoms with Crippen molar-refractivity contribution in [2.75, 3.05) is 13.1 Å². The zero-order chi connectivity index (χ0) is 24.0. The number of fused-ring (bicyclic) bond motifs is 1. The van der Waals surface area contributed by atoms with Gasteiger partial charge in [-0.15, -0.1) is 0 Å². The van der Waals surface area contributed by atoms with E-state index in [-0.39, 0.29) is 17.5 Å². The van der Waals surface area contributed by atoms with Crippen molar-refractivity contribution < 1.29 is 19.1 Å². The topological polar surface area (TPSA) is 124 Å². The summed E-state index contributed by atoms with van der Waals surface area (Å²) in [6, 6.07) is 10.0. The van der Waals surface area contributed by atoms with Crippen LogP contribution in [-0.4, -0.2) is 41.1 Å². The fourth-order valence-electron chi connectivity index (χ4n) is 4.13. The first-order chi connectivity index (χ1) is 15.8. The second kappa shape index (κ2) is 11.0. The van der Waals surface area contributed by atoms with Gasteiger partial charge in [-0.25, -0.2) is 4.79 Å². The van der Waals surface area contributed by atoms with Crippen LogP contribution in [0.4, 0.5) is 0 Å². The normalized spacial score (nSPS) is 17.8. The molecule has 2 atom stereocenters. The van der Waals surface area contributed by atoms with Gasteiger partial charge in [-0.2, -0.15) is 0 Å². The molecule has 2 aromatic heterocycles. The zero-order valence-electron chi connectivity index (χ0n) is 19.2. The monoisotopic (exact) mass is 453 g/mol. The Labute approximate surface area is 192 Å². The van der Waals surface area contributed by atoms with Crippen LogP contribution in [0.2, 0.25) is 0 Å². The van der Waals surface area contributed by atoms with Crippen LogP contribution in [-0.2, 0) is 17.6 Å². The van der Waals surface area contributed by atoms with Crippen molar-refractivity contribution in [3.8, 4) is 0 Å². The van der Waals surface area contributed by atoms with Crippen LogP contribution >= 0.6 is 0 Å². The number of aromatic nitrogens is 1. The van der Waals surface area contributed by atoms with Crippen LogP contribution in [0.25, 0.3) is 10.9 Å². The summed E-state index contributed by atoms with van der Waals surface area (Å²) in [5.74, 6) is -0.238. The standard InChI is InChI=1S/C23H27N3O3.C2H4O2/c1-14-11-17(8-7-16-13-25-20-6-4-3-5-18(16)20)29-23(28)21(14)22(27)26-19-9-10-24-12-15(19)2;1-2(3)4/h3-6,11,13,15,19,24-25H,7-10,12H2,1-2H3,(H,26,27);1H3,(H,3,4)/t15-,19-;/m1./s1. The first kappa shape index (κ1) is 24.3. The van der Waals surface area contributed by atoms with Gasteiger partial charge in [-0.3, -0.25) is 9.59 Å². The zero-order valence-corrected chi connectivity index (χ0v) is 19.2. The van der Waals surface area contributed by atoms with E-state index in [1.807, 2.05) is 30.5 Å². The lowest BCUT2D eigenvalue weighted by Crippen LogP contribution is -2.49. The van der Waals surface area contributed by atoms with Gasteiger partial charge in [0.1, 0.15) is 11.3 Å². The Kier molecular flexibility index (Phi) is 8.06. The first-order valence-electron chi connectivity index (χ1n) is 11.2. The minimum absolute atomic E-state index is 0.0732. The minimum atomic E-state index is -0.833. The van der Waals surface area contributed by atoms with Crippen molar-refractivity contribution in [3.63, 3.8) is 0 Å². The second-order valence-electron chi connectivity index (χ2n) is 8.49. The number of hydrogen-bond donors (Lipinski definition) is 4. The number of rotatable bonds is 5. The van der Waals surface area contributed by atoms with Gasteiger partial charge < -0.3 is 25.1 Å². The van der Waals surface area contributed by atoms with Gasteiger partial charge in [0.05, 0.1) is 0 Å². The van der Waals surface area contributed by atoms with Crippen LogP contribution in [0.1, 0.15) is 47.5 Å². The number of aryl methyl sites for hydroxylation is 3. The summed E-state index contributed by atoms with van der Waals surface area (Å²) >= 11 is 0. The Morgan fingerprint density at radius 3 is 2.67 bits per heavy atom. The summed E-state index contributed by atoms with van der Waals surface area (Å²) in [5, 5.41) is 14.9. The SMILES string of the molecule is CC(=O)O.Cc1cc(CCc2c[nH]c3ccccc23)oc(=O)c1C(=O)N[C@@H]1CCNC[C@H]1C. The maximum atomic E-state index is 12.7. The van der Waals surface area contributed by atoms with Crippen LogP contribution in [0, 0.1) is 12.8 Å². The molecule has 1 aliphatic heterocycles. The van der Waals surface area contributed by atoms with Gasteiger partial charge in [0.2, 0.25) is 0 Å². The lowest BCUT2D eigenvalue weighted by atomic mass is 9.95. The van der Waals surface area contributed by atoms with Crippen molar-refractivity contribution in [3.05, 3.63) is 69.4 Å². The van der Waals surface area contributed by atoms with Gasteiger partial charge in [-0.1, -0.05) is 25.1 Å². The molecule has 3 heterocycles. The molecular formula is C25H31N3O5. The molecule has 33 heavy (non-hydrogen) atoms. The fourth-order valence-corrected chi connectivity index (χ4v) is 4.13. The molecule has 0 radical (unpaired) electrons. The van der Waals surface area contributed by atoms with Crippen LogP contribution in [0.15, 0.2) is 45.7 Å². The molecule has 1 saturated heterocycles. The van der Waals surface area contributed by atoms with E-state index in [2.05, 4.69) is 28.6 Å². The Hall–Kier alpha value is -3.39. The molecule has 0 aliphatic carbocycles. The Morgan fingerprint density at radius 2 is 1.97 bits per heavy atom. The van der Waals surface area contributed by atoms with Crippen molar-refractivity contribution in [2.24, 2.45) is 5.92 Å². The number of nitrogens with one attached hydrogen (secondary N) is 3. The number of amides is 1. The maximum absolute atomic E-state index is 12.7. The Balaban J connectivity index is 0.000000709. The van der Waals surface area contributed by atoms with Gasteiger partial charge in [0.15, 0.2) is 0 Å². The molecule has 8 nitrogen and oxygen atoms in total. The molecule has 0 bridgehead atoms. The van der Waals surface area contributed by atoms with E-state index in [9.17, 15) is 9.59 Å². The quantitative estimate of drug-likeness (QED) is 0.471. The molecule has 3 aromatic rings. The summed E-state index contributed by atoms with van der Waals surface area (Å²) in [4.78, 5) is 37.5. The second-order valence-corrected chi connectivity index (χ2v) is 8.49. The molecule has 8 heteroatoms. The van der Waals surface area contributed by atoms with E-state index in [0.717, 1.165) is 38.4 Å². The van der Waals surface area contributed by atoms with E-state index in [1.54, 1.807) is 6.92 Å². The predicted molar refractivity (Wildman–Crippen MR) is 127 cm³/mol. The molecule has 4 N–H and O–H groups in total. The van der Waals surface area contributed by atoms with Crippen molar-refractivity contribution in [1.82, 2.24) is 15.6 Å². The molecule has 1 fully saturated rings. The summed E-state index contributed by atoms with van der Waals surface area (Å²) < 4.78 is 5.50. The van der Waals surface area contributed by atoms with E-state index in [0.29, 0.717) is 23.7 Å². The van der Waals surface area contributed by atoms with Crippen molar-refractivity contribution >= 4 is 22.8 Å². The molecule has 0 spiro atoms. The molecule has 1 aromatic carbocycles. The van der Waals surface area contributed by atoms with E-state index < -0.39 is 11.6 Å². The summed E-state index contributed by atoms with van der Waals surface area (Å²) in [7, 11) is 0. The van der Waals surface area contributed by atoms with Crippen LogP contribution < -0.4 is 16.3 Å². The number of aromatic amines is 1. The van der Waals surface area contributed by atoms with E-state index >= 15 is 0 Å². The number of hydrogen-bond acceptors (Lipinski definition) is 5. The molecule has 176 valence electrons. The highest BCUT2D eigenvalue weighted by Crippen LogP contribution is 2.20. The number of aliphatic carboxylic acids is 1. The lowest BCUT2D eigenvalue weighted by molar-refractivity contribution is -0.134. The summed E-state index contributed by atoms with van der Waals surface area (Å²) in [6.07, 6.45) is 4.22. The number of carboxylic acid groups (broad SMARTS) is 1. The lowest BCUT2D eigenvalue weighted by Gasteiger charge is -2.30. The number of benzene rings is 1. The number of para-hydroxylation sites is 1. The van der Waals surface area contributed by atoms with Gasteiger partial charge >= 0.3 is 5.63 Å². The molecule has 0 unspecified atom stereocenters. The number of carbonyl (C=O) groups excluding carboxylic acids is 1. The minimum Gasteiger partial charge on any atom is -0.481 e. The molecule has 4 rings (SSSR count). The van der Waals surface area contributed by atoms with Crippen molar-refractivity contribution in [2.45, 2.75) is 46.1 Å². The fraction of sp³-hybridized carbons (Fsp3) is 0.400. The van der Waals surface area contributed by atoms with E-state index in [4.69, 9.17) is 14.3 Å². The highest BCUT2D eigenvalue weighted by atomic mass is 16.4. The van der Waals surface area contributed by atoms with Gasteiger partial charge in [0, 0.05) is 36.5 Å². The van der Waals surface area contributed by atoms with Crippen LogP contribution in [0.3, 0.4) is 0 Å². The number of carbonyl (C=O) groups is 2. The maximum Gasteiger partial charge on any atom is 0.349 e. The number of piperidine rings is 1. The van der Waals surface area contributed by atoms with Crippen molar-refractivity contribution in [1.29, 1.82) is 0 Å². The first-order valence-corrected chi connectivity index (χ1v) is 11.2. The van der Waals surface area contributed by atoms with Gasteiger partial charge in [-0.05, 0) is 62.0 Å².